The second-order valence-corrected chi connectivity index (χ2v) is 7.36. The molecule has 0 saturated carbocycles. The number of fused-ring (bicyclic) bond motifs is 1. The number of nitrogens with zero attached hydrogens (tertiary/aromatic N) is 3. The SMILES string of the molecule is COc1cc(C=C(C#N)c2nc3ncc(Br)cc3[nH]2)ccc1OC(=O)c1ccccc1.Cl. The highest BCUT2D eigenvalue weighted by atomic mass is 79.9. The van der Waals surface area contributed by atoms with Crippen molar-refractivity contribution < 1.29 is 14.3 Å². The molecule has 0 radical (unpaired) electrons. The number of benzene rings is 2. The first-order chi connectivity index (χ1) is 15.1. The molecular weight excluding hydrogens is 496 g/mol. The molecule has 1 N–H and O–H groups in total. The summed E-state index contributed by atoms with van der Waals surface area (Å²) < 4.78 is 11.6. The third-order valence-corrected chi connectivity index (χ3v) is 4.82. The molecule has 7 nitrogen and oxygen atoms in total. The van der Waals surface area contributed by atoms with Gasteiger partial charge in [-0.1, -0.05) is 24.3 Å². The monoisotopic (exact) mass is 510 g/mol. The molecule has 0 aliphatic heterocycles. The maximum absolute atomic E-state index is 12.3. The van der Waals surface area contributed by atoms with E-state index < -0.39 is 5.97 Å². The number of aromatic nitrogens is 3. The molecule has 2 aromatic carbocycles. The van der Waals surface area contributed by atoms with E-state index in [9.17, 15) is 10.1 Å². The van der Waals surface area contributed by atoms with Crippen LogP contribution in [0.1, 0.15) is 21.7 Å². The highest BCUT2D eigenvalue weighted by Gasteiger charge is 2.14. The Kier molecular flexibility index (Phi) is 7.25. The summed E-state index contributed by atoms with van der Waals surface area (Å²) in [7, 11) is 1.48. The summed E-state index contributed by atoms with van der Waals surface area (Å²) in [5.41, 5.74) is 2.67. The fraction of sp³-hybridized carbons (Fsp3) is 0.0435. The molecule has 2 aromatic heterocycles. The standard InChI is InChI=1S/C23H15BrN4O3.ClH/c1-30-20-10-14(7-8-19(20)31-23(29)15-5-3-2-4-6-15)9-16(12-25)21-27-18-11-17(24)13-26-22(18)28-21;/h2-11,13H,1H3,(H,26,27,28);1H. The smallest absolute Gasteiger partial charge is 0.343 e. The van der Waals surface area contributed by atoms with Gasteiger partial charge in [-0.2, -0.15) is 5.26 Å². The zero-order chi connectivity index (χ0) is 21.8. The number of hydrogen-bond donors (Lipinski definition) is 1. The van der Waals surface area contributed by atoms with Gasteiger partial charge in [0.05, 0.1) is 23.8 Å². The van der Waals surface area contributed by atoms with E-state index in [0.717, 1.165) is 4.47 Å². The number of hydrogen-bond acceptors (Lipinski definition) is 6. The second kappa shape index (κ2) is 10.1. The molecule has 0 bridgehead atoms. The fourth-order valence-electron chi connectivity index (χ4n) is 2.91. The molecule has 32 heavy (non-hydrogen) atoms. The lowest BCUT2D eigenvalue weighted by atomic mass is 10.1. The average Bonchev–Trinajstić information content (AvgIpc) is 3.21. The van der Waals surface area contributed by atoms with E-state index >= 15 is 0 Å². The van der Waals surface area contributed by atoms with Gasteiger partial charge in [0.2, 0.25) is 0 Å². The van der Waals surface area contributed by atoms with Crippen LogP contribution in [0.3, 0.4) is 0 Å². The molecule has 0 amide bonds. The predicted octanol–water partition coefficient (Wildman–Crippen LogP) is 5.43. The maximum atomic E-state index is 12.3. The van der Waals surface area contributed by atoms with Crippen molar-refractivity contribution in [3.8, 4) is 17.6 Å². The van der Waals surface area contributed by atoms with Crippen LogP contribution in [0.15, 0.2) is 65.3 Å². The number of nitriles is 1. The molecule has 0 saturated heterocycles. The number of rotatable bonds is 5. The van der Waals surface area contributed by atoms with Crippen LogP contribution in [0.4, 0.5) is 0 Å². The lowest BCUT2D eigenvalue weighted by molar-refractivity contribution is 0.0729. The summed E-state index contributed by atoms with van der Waals surface area (Å²) >= 11 is 3.36. The molecule has 9 heteroatoms. The first-order valence-electron chi connectivity index (χ1n) is 9.16. The van der Waals surface area contributed by atoms with Crippen molar-refractivity contribution in [3.63, 3.8) is 0 Å². The van der Waals surface area contributed by atoms with Gasteiger partial charge in [-0.3, -0.25) is 0 Å². The van der Waals surface area contributed by atoms with Crippen LogP contribution in [0, 0.1) is 11.3 Å². The maximum Gasteiger partial charge on any atom is 0.343 e. The van der Waals surface area contributed by atoms with Gasteiger partial charge in [0.25, 0.3) is 0 Å². The molecular formula is C23H16BrClN4O3. The molecule has 0 fully saturated rings. The molecule has 0 aliphatic rings. The highest BCUT2D eigenvalue weighted by molar-refractivity contribution is 9.10. The minimum atomic E-state index is -0.485. The Morgan fingerprint density at radius 3 is 2.66 bits per heavy atom. The minimum absolute atomic E-state index is 0. The van der Waals surface area contributed by atoms with E-state index in [1.54, 1.807) is 54.7 Å². The van der Waals surface area contributed by atoms with Gasteiger partial charge in [0.15, 0.2) is 23.0 Å². The van der Waals surface area contributed by atoms with Crippen molar-refractivity contribution in [1.29, 1.82) is 5.26 Å². The van der Waals surface area contributed by atoms with Crippen LogP contribution in [-0.2, 0) is 0 Å². The van der Waals surface area contributed by atoms with E-state index in [4.69, 9.17) is 9.47 Å². The number of esters is 1. The summed E-state index contributed by atoms with van der Waals surface area (Å²) in [6.07, 6.45) is 3.31. The minimum Gasteiger partial charge on any atom is -0.493 e. The summed E-state index contributed by atoms with van der Waals surface area (Å²) in [5, 5.41) is 9.64. The van der Waals surface area contributed by atoms with Crippen molar-refractivity contribution in [2.75, 3.05) is 7.11 Å². The Morgan fingerprint density at radius 1 is 1.16 bits per heavy atom. The first kappa shape index (κ1) is 23.0. The number of ether oxygens (including phenoxy) is 2. The largest absolute Gasteiger partial charge is 0.493 e. The third-order valence-electron chi connectivity index (χ3n) is 4.39. The number of nitrogens with one attached hydrogen (secondary N) is 1. The van der Waals surface area contributed by atoms with Gasteiger partial charge in [0.1, 0.15) is 6.07 Å². The number of carbonyl (C=O) groups is 1. The summed E-state index contributed by atoms with van der Waals surface area (Å²) in [4.78, 5) is 24.0. The summed E-state index contributed by atoms with van der Waals surface area (Å²) in [6, 6.07) is 17.7. The van der Waals surface area contributed by atoms with Gasteiger partial charge in [-0.25, -0.2) is 14.8 Å². The van der Waals surface area contributed by atoms with E-state index in [0.29, 0.717) is 39.4 Å². The number of H-pyrrole nitrogens is 1. The first-order valence-corrected chi connectivity index (χ1v) is 9.95. The summed E-state index contributed by atoms with van der Waals surface area (Å²) in [6.45, 7) is 0. The van der Waals surface area contributed by atoms with Crippen LogP contribution in [0.2, 0.25) is 0 Å². The van der Waals surface area contributed by atoms with Crippen molar-refractivity contribution in [2.45, 2.75) is 0 Å². The lowest BCUT2D eigenvalue weighted by Crippen LogP contribution is -2.09. The van der Waals surface area contributed by atoms with Crippen molar-refractivity contribution in [1.82, 2.24) is 15.0 Å². The lowest BCUT2D eigenvalue weighted by Gasteiger charge is -2.10. The van der Waals surface area contributed by atoms with Crippen LogP contribution in [0.25, 0.3) is 22.8 Å². The quantitative estimate of drug-likeness (QED) is 0.218. The van der Waals surface area contributed by atoms with Crippen molar-refractivity contribution >= 4 is 57.1 Å². The van der Waals surface area contributed by atoms with Crippen LogP contribution < -0.4 is 9.47 Å². The summed E-state index contributed by atoms with van der Waals surface area (Å²) in [5.74, 6) is 0.567. The Labute approximate surface area is 198 Å². The van der Waals surface area contributed by atoms with Crippen LogP contribution >= 0.6 is 28.3 Å². The molecule has 160 valence electrons. The molecule has 2 heterocycles. The number of imidazole rings is 1. The molecule has 4 aromatic rings. The number of carbonyl (C=O) groups excluding carboxylic acids is 1. The zero-order valence-corrected chi connectivity index (χ0v) is 19.1. The van der Waals surface area contributed by atoms with Gasteiger partial charge in [0, 0.05) is 10.7 Å². The van der Waals surface area contributed by atoms with Gasteiger partial charge < -0.3 is 14.5 Å². The van der Waals surface area contributed by atoms with Crippen LogP contribution in [-0.4, -0.2) is 28.0 Å². The Balaban J connectivity index is 0.00000289. The average molecular weight is 512 g/mol. The third kappa shape index (κ3) is 4.97. The van der Waals surface area contributed by atoms with E-state index in [-0.39, 0.29) is 18.2 Å². The number of aromatic amines is 1. The topological polar surface area (TPSA) is 101 Å². The molecule has 0 atom stereocenters. The van der Waals surface area contributed by atoms with Gasteiger partial charge in [-0.05, 0) is 57.9 Å². The van der Waals surface area contributed by atoms with E-state index in [1.807, 2.05) is 12.1 Å². The Morgan fingerprint density at radius 2 is 1.94 bits per heavy atom. The number of allylic oxidation sites excluding steroid dienone is 1. The van der Waals surface area contributed by atoms with E-state index in [2.05, 4.69) is 37.0 Å². The van der Waals surface area contributed by atoms with Crippen molar-refractivity contribution in [3.05, 3.63) is 82.2 Å². The number of pyridine rings is 1. The molecule has 0 aliphatic carbocycles. The Bertz CT molecular complexity index is 1350. The fourth-order valence-corrected chi connectivity index (χ4v) is 3.24. The molecule has 4 rings (SSSR count). The highest BCUT2D eigenvalue weighted by Crippen LogP contribution is 2.30. The number of methoxy groups -OCH3 is 1. The predicted molar refractivity (Wildman–Crippen MR) is 127 cm³/mol. The van der Waals surface area contributed by atoms with Crippen LogP contribution in [0.5, 0.6) is 11.5 Å². The second-order valence-electron chi connectivity index (χ2n) is 6.45. The van der Waals surface area contributed by atoms with Gasteiger partial charge in [-0.15, -0.1) is 12.4 Å². The van der Waals surface area contributed by atoms with Gasteiger partial charge >= 0.3 is 5.97 Å². The molecule has 0 unspecified atom stereocenters. The normalized spacial score (nSPS) is 10.8. The Hall–Kier alpha value is -3.67. The van der Waals surface area contributed by atoms with E-state index in [1.165, 1.54) is 7.11 Å². The number of halogens is 2. The zero-order valence-electron chi connectivity index (χ0n) is 16.7. The molecule has 0 spiro atoms. The van der Waals surface area contributed by atoms with Crippen molar-refractivity contribution in [2.24, 2.45) is 0 Å².